The Hall–Kier alpha value is -3.30. The lowest BCUT2D eigenvalue weighted by molar-refractivity contribution is 1.01. The van der Waals surface area contributed by atoms with Crippen LogP contribution in [-0.2, 0) is 7.05 Å². The fourth-order valence-corrected chi connectivity index (χ4v) is 5.67. The lowest BCUT2D eigenvalue weighted by atomic mass is 10.1. The van der Waals surface area contributed by atoms with Crippen molar-refractivity contribution in [2.45, 2.75) is 6.92 Å². The molecule has 2 nitrogen and oxygen atoms in total. The van der Waals surface area contributed by atoms with E-state index in [1.54, 1.807) is 0 Å². The molecule has 0 unspecified atom stereocenters. The molecule has 0 amide bonds. The van der Waals surface area contributed by atoms with Gasteiger partial charge in [0.1, 0.15) is 0 Å². The van der Waals surface area contributed by atoms with E-state index in [1.165, 1.54) is 58.9 Å². The van der Waals surface area contributed by atoms with Gasteiger partial charge in [0.25, 0.3) is 0 Å². The molecule has 2 aromatic heterocycles. The molecule has 0 fully saturated rings. The third-order valence-electron chi connectivity index (χ3n) is 6.28. The number of aromatic nitrogens is 1. The van der Waals surface area contributed by atoms with Gasteiger partial charge in [-0.15, -0.1) is 11.3 Å². The summed E-state index contributed by atoms with van der Waals surface area (Å²) in [7, 11) is 4.32. The molecule has 6 aromatic rings. The Balaban J connectivity index is 1.50. The van der Waals surface area contributed by atoms with Gasteiger partial charge in [-0.2, -0.15) is 0 Å². The minimum absolute atomic E-state index is 1.20. The third kappa shape index (κ3) is 2.49. The Morgan fingerprint density at radius 2 is 1.33 bits per heavy atom. The van der Waals surface area contributed by atoms with Gasteiger partial charge >= 0.3 is 0 Å². The molecule has 0 spiro atoms. The summed E-state index contributed by atoms with van der Waals surface area (Å²) in [4.78, 5) is 2.29. The van der Waals surface area contributed by atoms with E-state index in [2.05, 4.69) is 109 Å². The van der Waals surface area contributed by atoms with E-state index in [-0.39, 0.29) is 0 Å². The number of hydrogen-bond donors (Lipinski definition) is 0. The summed E-state index contributed by atoms with van der Waals surface area (Å²) in [5.41, 5.74) is 6.25. The first-order valence-electron chi connectivity index (χ1n) is 10.2. The maximum atomic E-state index is 2.32. The molecule has 0 atom stereocenters. The van der Waals surface area contributed by atoms with Crippen LogP contribution in [0.25, 0.3) is 42.0 Å². The molecule has 6 rings (SSSR count). The number of rotatable bonds is 2. The van der Waals surface area contributed by atoms with E-state index >= 15 is 0 Å². The Bertz CT molecular complexity index is 1590. The Kier molecular flexibility index (Phi) is 3.71. The lowest BCUT2D eigenvalue weighted by Crippen LogP contribution is -2.09. The fraction of sp³-hybridized carbons (Fsp3) is 0.111. The molecule has 0 aliphatic carbocycles. The smallest absolute Gasteiger partial charge is 0.0509 e. The lowest BCUT2D eigenvalue weighted by Gasteiger charge is -2.20. The predicted octanol–water partition coefficient (Wildman–Crippen LogP) is 7.78. The van der Waals surface area contributed by atoms with Gasteiger partial charge in [-0.3, -0.25) is 0 Å². The van der Waals surface area contributed by atoms with Gasteiger partial charge < -0.3 is 9.47 Å². The quantitative estimate of drug-likeness (QED) is 0.285. The third-order valence-corrected chi connectivity index (χ3v) is 7.43. The number of anilines is 2. The average Bonchev–Trinajstić information content (AvgIpc) is 3.28. The van der Waals surface area contributed by atoms with Crippen LogP contribution in [0.5, 0.6) is 0 Å². The van der Waals surface area contributed by atoms with Gasteiger partial charge in [0.05, 0.1) is 5.52 Å². The van der Waals surface area contributed by atoms with Gasteiger partial charge in [-0.1, -0.05) is 36.4 Å². The van der Waals surface area contributed by atoms with Gasteiger partial charge in [0, 0.05) is 61.9 Å². The summed E-state index contributed by atoms with van der Waals surface area (Å²) in [6, 6.07) is 29.0. The minimum atomic E-state index is 1.20. The molecule has 30 heavy (non-hydrogen) atoms. The molecule has 0 bridgehead atoms. The van der Waals surface area contributed by atoms with Crippen molar-refractivity contribution in [3.05, 3.63) is 84.4 Å². The standard InChI is InChI=1S/C27H22N2S/c1-17-8-11-20-21-12-9-19(16-25(21)29(3)24(20)14-17)28(2)18-10-13-27-23(15-18)22-6-4-5-7-26(22)30-27/h4-16H,1-3H3. The van der Waals surface area contributed by atoms with E-state index < -0.39 is 0 Å². The van der Waals surface area contributed by atoms with Crippen molar-refractivity contribution in [2.75, 3.05) is 11.9 Å². The van der Waals surface area contributed by atoms with Crippen LogP contribution in [0.3, 0.4) is 0 Å². The molecule has 4 aromatic carbocycles. The SMILES string of the molecule is Cc1ccc2c3ccc(N(C)c4ccc5sc6ccccc6c5c4)cc3n(C)c2c1. The van der Waals surface area contributed by atoms with E-state index in [0.29, 0.717) is 0 Å². The van der Waals surface area contributed by atoms with Crippen molar-refractivity contribution in [1.29, 1.82) is 0 Å². The highest BCUT2D eigenvalue weighted by molar-refractivity contribution is 7.25. The summed E-state index contributed by atoms with van der Waals surface area (Å²) in [6.07, 6.45) is 0. The second kappa shape index (κ2) is 6.35. The zero-order valence-electron chi connectivity index (χ0n) is 17.3. The summed E-state index contributed by atoms with van der Waals surface area (Å²) >= 11 is 1.86. The molecule has 0 radical (unpaired) electrons. The van der Waals surface area contributed by atoms with Crippen LogP contribution >= 0.6 is 11.3 Å². The highest BCUT2D eigenvalue weighted by Crippen LogP contribution is 2.38. The molecular weight excluding hydrogens is 384 g/mol. The first-order chi connectivity index (χ1) is 14.6. The van der Waals surface area contributed by atoms with E-state index in [0.717, 1.165) is 0 Å². The number of nitrogens with zero attached hydrogens (tertiary/aromatic N) is 2. The monoisotopic (exact) mass is 406 g/mol. The van der Waals surface area contributed by atoms with Crippen LogP contribution in [0.4, 0.5) is 11.4 Å². The first-order valence-corrected chi connectivity index (χ1v) is 11.1. The van der Waals surface area contributed by atoms with Crippen molar-refractivity contribution in [2.24, 2.45) is 7.05 Å². The zero-order chi connectivity index (χ0) is 20.4. The molecule has 0 aliphatic rings. The summed E-state index contributed by atoms with van der Waals surface area (Å²) in [6.45, 7) is 2.15. The Labute approximate surface area is 179 Å². The van der Waals surface area contributed by atoms with E-state index in [9.17, 15) is 0 Å². The molecular formula is C27H22N2S. The van der Waals surface area contributed by atoms with Crippen molar-refractivity contribution in [1.82, 2.24) is 4.57 Å². The summed E-state index contributed by atoms with van der Waals surface area (Å²) < 4.78 is 5.00. The summed E-state index contributed by atoms with van der Waals surface area (Å²) in [5.74, 6) is 0. The molecule has 3 heteroatoms. The van der Waals surface area contributed by atoms with Crippen molar-refractivity contribution < 1.29 is 0 Å². The fourth-order valence-electron chi connectivity index (χ4n) is 4.58. The Morgan fingerprint density at radius 3 is 2.20 bits per heavy atom. The molecule has 146 valence electrons. The Morgan fingerprint density at radius 1 is 0.667 bits per heavy atom. The van der Waals surface area contributed by atoms with Crippen LogP contribution in [0.1, 0.15) is 5.56 Å². The van der Waals surface area contributed by atoms with Gasteiger partial charge in [-0.05, 0) is 55.0 Å². The largest absolute Gasteiger partial charge is 0.345 e. The van der Waals surface area contributed by atoms with Crippen molar-refractivity contribution in [3.8, 4) is 0 Å². The maximum Gasteiger partial charge on any atom is 0.0509 e. The van der Waals surface area contributed by atoms with Gasteiger partial charge in [0.15, 0.2) is 0 Å². The second-order valence-corrected chi connectivity index (χ2v) is 9.20. The minimum Gasteiger partial charge on any atom is -0.345 e. The van der Waals surface area contributed by atoms with Crippen LogP contribution in [0, 0.1) is 6.92 Å². The highest BCUT2D eigenvalue weighted by Gasteiger charge is 2.13. The normalized spacial score (nSPS) is 11.8. The van der Waals surface area contributed by atoms with Gasteiger partial charge in [0.2, 0.25) is 0 Å². The molecule has 0 saturated heterocycles. The van der Waals surface area contributed by atoms with Crippen LogP contribution in [0.2, 0.25) is 0 Å². The molecule has 0 N–H and O–H groups in total. The van der Waals surface area contributed by atoms with E-state index in [4.69, 9.17) is 0 Å². The number of hydrogen-bond acceptors (Lipinski definition) is 2. The van der Waals surface area contributed by atoms with Crippen LogP contribution < -0.4 is 4.90 Å². The number of fused-ring (bicyclic) bond motifs is 6. The van der Waals surface area contributed by atoms with Crippen molar-refractivity contribution in [3.63, 3.8) is 0 Å². The molecule has 0 aliphatic heterocycles. The molecule has 2 heterocycles. The zero-order valence-corrected chi connectivity index (χ0v) is 18.1. The van der Waals surface area contributed by atoms with Crippen LogP contribution in [-0.4, -0.2) is 11.6 Å². The summed E-state index contributed by atoms with van der Waals surface area (Å²) in [5, 5.41) is 5.30. The average molecular weight is 407 g/mol. The second-order valence-electron chi connectivity index (χ2n) is 8.12. The number of aryl methyl sites for hydroxylation is 2. The number of thiophene rings is 1. The highest BCUT2D eigenvalue weighted by atomic mass is 32.1. The van der Waals surface area contributed by atoms with Gasteiger partial charge in [-0.25, -0.2) is 0 Å². The molecule has 0 saturated carbocycles. The maximum absolute atomic E-state index is 2.32. The predicted molar refractivity (Wildman–Crippen MR) is 133 cm³/mol. The topological polar surface area (TPSA) is 8.17 Å². The van der Waals surface area contributed by atoms with Crippen molar-refractivity contribution >= 4 is 64.7 Å². The van der Waals surface area contributed by atoms with E-state index in [1.807, 2.05) is 11.3 Å². The number of benzene rings is 4. The van der Waals surface area contributed by atoms with Crippen LogP contribution in [0.15, 0.2) is 78.9 Å². The first kappa shape index (κ1) is 17.5.